The number of ether oxygens (including phenoxy) is 1. The second-order valence-electron chi connectivity index (χ2n) is 5.56. The van der Waals surface area contributed by atoms with Gasteiger partial charge in [-0.05, 0) is 43.4 Å². The molecule has 0 saturated carbocycles. The molecule has 2 N–H and O–H groups in total. The van der Waals surface area contributed by atoms with Crippen LogP contribution in [0.15, 0.2) is 18.2 Å². The molecule has 2 aliphatic heterocycles. The Morgan fingerprint density at radius 1 is 1.50 bits per heavy atom. The van der Waals surface area contributed by atoms with Crippen molar-refractivity contribution in [1.29, 1.82) is 0 Å². The summed E-state index contributed by atoms with van der Waals surface area (Å²) in [5, 5.41) is 6.51. The molecular formula is C16H22N2O2. The van der Waals surface area contributed by atoms with Crippen molar-refractivity contribution in [3.05, 3.63) is 23.8 Å². The highest BCUT2D eigenvalue weighted by atomic mass is 16.5. The topological polar surface area (TPSA) is 50.4 Å². The van der Waals surface area contributed by atoms with Gasteiger partial charge in [0.15, 0.2) is 0 Å². The zero-order chi connectivity index (χ0) is 13.9. The number of amides is 1. The van der Waals surface area contributed by atoms with Gasteiger partial charge in [-0.2, -0.15) is 0 Å². The molecule has 0 bridgehead atoms. The van der Waals surface area contributed by atoms with E-state index in [0.29, 0.717) is 6.61 Å². The van der Waals surface area contributed by atoms with Gasteiger partial charge in [0.1, 0.15) is 0 Å². The standard InChI is InChI=1S/C16H22N2O2/c1-2-15-12(8-10-20-15)16(19)18-14-7-3-6-13-11(14)5-4-9-17-13/h3,6-7,12,15,17H,2,4-5,8-10H2,1H3,(H,18,19). The molecule has 1 fully saturated rings. The van der Waals surface area contributed by atoms with E-state index >= 15 is 0 Å². The summed E-state index contributed by atoms with van der Waals surface area (Å²) in [5.41, 5.74) is 3.35. The monoisotopic (exact) mass is 274 g/mol. The summed E-state index contributed by atoms with van der Waals surface area (Å²) in [4.78, 5) is 12.5. The van der Waals surface area contributed by atoms with Crippen molar-refractivity contribution < 1.29 is 9.53 Å². The van der Waals surface area contributed by atoms with Gasteiger partial charge >= 0.3 is 0 Å². The number of anilines is 2. The van der Waals surface area contributed by atoms with Crippen LogP contribution in [0.25, 0.3) is 0 Å². The summed E-state index contributed by atoms with van der Waals surface area (Å²) < 4.78 is 5.61. The zero-order valence-electron chi connectivity index (χ0n) is 11.9. The summed E-state index contributed by atoms with van der Waals surface area (Å²) in [6.45, 7) is 3.79. The molecule has 1 aromatic rings. The van der Waals surface area contributed by atoms with E-state index in [2.05, 4.69) is 23.6 Å². The maximum atomic E-state index is 12.5. The van der Waals surface area contributed by atoms with Crippen LogP contribution in [0.4, 0.5) is 11.4 Å². The molecule has 0 spiro atoms. The van der Waals surface area contributed by atoms with Crippen LogP contribution in [-0.4, -0.2) is 25.2 Å². The second kappa shape index (κ2) is 5.83. The van der Waals surface area contributed by atoms with Gasteiger partial charge in [0, 0.05) is 24.5 Å². The summed E-state index contributed by atoms with van der Waals surface area (Å²) in [6, 6.07) is 6.08. The van der Waals surface area contributed by atoms with Gasteiger partial charge in [-0.25, -0.2) is 0 Å². The number of rotatable bonds is 3. The minimum absolute atomic E-state index is 0.00703. The maximum Gasteiger partial charge on any atom is 0.230 e. The molecule has 0 radical (unpaired) electrons. The molecule has 108 valence electrons. The van der Waals surface area contributed by atoms with E-state index in [0.717, 1.165) is 43.6 Å². The van der Waals surface area contributed by atoms with Gasteiger partial charge in [0.2, 0.25) is 5.91 Å². The molecule has 4 heteroatoms. The smallest absolute Gasteiger partial charge is 0.230 e. The van der Waals surface area contributed by atoms with Crippen molar-refractivity contribution in [2.24, 2.45) is 5.92 Å². The maximum absolute atomic E-state index is 12.5. The quantitative estimate of drug-likeness (QED) is 0.891. The van der Waals surface area contributed by atoms with E-state index in [-0.39, 0.29) is 17.9 Å². The molecule has 2 aliphatic rings. The van der Waals surface area contributed by atoms with E-state index in [4.69, 9.17) is 4.74 Å². The number of fused-ring (bicyclic) bond motifs is 1. The first kappa shape index (κ1) is 13.4. The Morgan fingerprint density at radius 2 is 2.40 bits per heavy atom. The molecule has 1 amide bonds. The van der Waals surface area contributed by atoms with Crippen molar-refractivity contribution in [2.75, 3.05) is 23.8 Å². The van der Waals surface area contributed by atoms with Crippen LogP contribution >= 0.6 is 0 Å². The van der Waals surface area contributed by atoms with E-state index in [9.17, 15) is 4.79 Å². The normalized spacial score (nSPS) is 24.9. The van der Waals surface area contributed by atoms with Crippen LogP contribution in [0.2, 0.25) is 0 Å². The minimum atomic E-state index is -0.00703. The summed E-state index contributed by atoms with van der Waals surface area (Å²) in [5.74, 6) is 0.0979. The molecule has 2 heterocycles. The third-order valence-electron chi connectivity index (χ3n) is 4.30. The summed E-state index contributed by atoms with van der Waals surface area (Å²) in [7, 11) is 0. The first-order chi connectivity index (χ1) is 9.79. The molecule has 1 aromatic carbocycles. The van der Waals surface area contributed by atoms with Crippen LogP contribution in [0.5, 0.6) is 0 Å². The average Bonchev–Trinajstić information content (AvgIpc) is 2.96. The van der Waals surface area contributed by atoms with Crippen LogP contribution < -0.4 is 10.6 Å². The second-order valence-corrected chi connectivity index (χ2v) is 5.56. The van der Waals surface area contributed by atoms with Crippen LogP contribution in [-0.2, 0) is 16.0 Å². The molecule has 2 unspecified atom stereocenters. The fourth-order valence-electron chi connectivity index (χ4n) is 3.20. The Labute approximate surface area is 119 Å². The molecular weight excluding hydrogens is 252 g/mol. The Hall–Kier alpha value is -1.55. The zero-order valence-corrected chi connectivity index (χ0v) is 11.9. The van der Waals surface area contributed by atoms with Crippen LogP contribution in [0.1, 0.15) is 31.7 Å². The van der Waals surface area contributed by atoms with Gasteiger partial charge < -0.3 is 15.4 Å². The fraction of sp³-hybridized carbons (Fsp3) is 0.562. The average molecular weight is 274 g/mol. The Bertz CT molecular complexity index is 501. The van der Waals surface area contributed by atoms with E-state index in [1.54, 1.807) is 0 Å². The SMILES string of the molecule is CCC1OCCC1C(=O)Nc1cccc2c1CCCN2. The minimum Gasteiger partial charge on any atom is -0.385 e. The van der Waals surface area contributed by atoms with Gasteiger partial charge in [-0.15, -0.1) is 0 Å². The Balaban J connectivity index is 1.76. The highest BCUT2D eigenvalue weighted by Crippen LogP contribution is 2.30. The molecule has 1 saturated heterocycles. The number of carbonyl (C=O) groups is 1. The molecule has 20 heavy (non-hydrogen) atoms. The summed E-state index contributed by atoms with van der Waals surface area (Å²) >= 11 is 0. The van der Waals surface area contributed by atoms with Crippen molar-refractivity contribution >= 4 is 17.3 Å². The number of hydrogen-bond donors (Lipinski definition) is 2. The van der Waals surface area contributed by atoms with Crippen molar-refractivity contribution in [3.63, 3.8) is 0 Å². The van der Waals surface area contributed by atoms with Crippen LogP contribution in [0, 0.1) is 5.92 Å². The highest BCUT2D eigenvalue weighted by Gasteiger charge is 2.33. The first-order valence-electron chi connectivity index (χ1n) is 7.58. The number of carbonyl (C=O) groups excluding carboxylic acids is 1. The van der Waals surface area contributed by atoms with Crippen molar-refractivity contribution in [2.45, 2.75) is 38.7 Å². The van der Waals surface area contributed by atoms with E-state index in [1.807, 2.05) is 12.1 Å². The third kappa shape index (κ3) is 2.52. The van der Waals surface area contributed by atoms with Gasteiger partial charge in [-0.1, -0.05) is 13.0 Å². The predicted molar refractivity (Wildman–Crippen MR) is 80.0 cm³/mol. The summed E-state index contributed by atoms with van der Waals surface area (Å²) in [6.07, 6.45) is 3.94. The lowest BCUT2D eigenvalue weighted by atomic mass is 9.97. The van der Waals surface area contributed by atoms with Crippen LogP contribution in [0.3, 0.4) is 0 Å². The lowest BCUT2D eigenvalue weighted by Crippen LogP contribution is -2.29. The number of hydrogen-bond acceptors (Lipinski definition) is 3. The molecule has 4 nitrogen and oxygen atoms in total. The van der Waals surface area contributed by atoms with E-state index < -0.39 is 0 Å². The molecule has 3 rings (SSSR count). The van der Waals surface area contributed by atoms with E-state index in [1.165, 1.54) is 5.56 Å². The largest absolute Gasteiger partial charge is 0.385 e. The third-order valence-corrected chi connectivity index (χ3v) is 4.30. The Morgan fingerprint density at radius 3 is 3.25 bits per heavy atom. The van der Waals surface area contributed by atoms with Gasteiger partial charge in [0.25, 0.3) is 0 Å². The lowest BCUT2D eigenvalue weighted by molar-refractivity contribution is -0.121. The first-order valence-corrected chi connectivity index (χ1v) is 7.58. The predicted octanol–water partition coefficient (Wildman–Crippen LogP) is 2.80. The lowest BCUT2D eigenvalue weighted by Gasteiger charge is -2.22. The number of nitrogens with one attached hydrogen (secondary N) is 2. The van der Waals surface area contributed by atoms with Crippen molar-refractivity contribution in [1.82, 2.24) is 0 Å². The molecule has 0 aliphatic carbocycles. The van der Waals surface area contributed by atoms with Crippen molar-refractivity contribution in [3.8, 4) is 0 Å². The Kier molecular flexibility index (Phi) is 3.92. The molecule has 0 aromatic heterocycles. The van der Waals surface area contributed by atoms with Gasteiger partial charge in [-0.3, -0.25) is 4.79 Å². The van der Waals surface area contributed by atoms with Gasteiger partial charge in [0.05, 0.1) is 12.0 Å². The highest BCUT2D eigenvalue weighted by molar-refractivity contribution is 5.94. The number of benzene rings is 1. The molecule has 2 atom stereocenters. The fourth-order valence-corrected chi connectivity index (χ4v) is 3.20.